The molecule has 0 aromatic carbocycles. The second kappa shape index (κ2) is 88.0. The van der Waals surface area contributed by atoms with Gasteiger partial charge in [0.2, 0.25) is 23.6 Å². The first-order valence-electron chi connectivity index (χ1n) is 39.9. The Balaban J connectivity index is 7.66. The lowest BCUT2D eigenvalue weighted by Crippen LogP contribution is -2.46. The molecule has 129 heavy (non-hydrogen) atoms. The summed E-state index contributed by atoms with van der Waals surface area (Å²) >= 11 is 0. The maximum Gasteiger partial charge on any atom is 0.407 e. The molecular weight excluding hydrogens is 1790 g/mol. The van der Waals surface area contributed by atoms with Crippen molar-refractivity contribution in [3.8, 4) is 0 Å². The summed E-state index contributed by atoms with van der Waals surface area (Å²) in [7, 11) is 0. The summed E-state index contributed by atoms with van der Waals surface area (Å²) < 4.78 is 204. The molecule has 12 amide bonds. The zero-order valence-corrected chi connectivity index (χ0v) is 70.9. The summed E-state index contributed by atoms with van der Waals surface area (Å²) in [6.07, 6.45) is -10.4. The van der Waals surface area contributed by atoms with E-state index in [0.717, 1.165) is 0 Å². The van der Waals surface area contributed by atoms with E-state index in [9.17, 15) is 93.7 Å². The van der Waals surface area contributed by atoms with Crippen LogP contribution in [0.4, 0.5) is 74.6 Å². The maximum atomic E-state index is 13.8. The smallest absolute Gasteiger partial charge is 0.407 e. The lowest BCUT2D eigenvalue weighted by molar-refractivity contribution is -0.145. The van der Waals surface area contributed by atoms with Gasteiger partial charge in [-0.05, 0) is 36.2 Å². The van der Waals surface area contributed by atoms with Crippen molar-refractivity contribution >= 4 is 72.4 Å². The number of halogens is 8. The molecular formula is C69H120F8N12O40. The monoisotopic (exact) mass is 1910 g/mol. The SMILES string of the molecule is O=C(CCOCC(COCCC(=O)NC(COC(=O)NCCOCCOF)COC(=O)NCCOCCOF)(COCCC(=O)NC(COC(=O)NCCOCCOF)COC(=O)NCCOCCOF)COCCC(=O)NC(COC(=O)NCCOCCOF)COC(=O)NCCOCCOF)NC(COC(=O)NCCOCCOF)COC(=O)NCCOCCOF. The standard InChI is InChI=1S/C69H120F8N12O40/c70-122-33-25-102-17-5-78-61(94)114-41-53(42-115-62(95)79-6-18-103-26-34-123-71)86-57(90)1-13-110-49-69(50-111-14-2-58(91)87-54(43-116-63(96)80-7-19-104-27-35-124-72)44-117-64(97)81-8-20-105-28-36-125-73,51-112-15-3-59(92)88-55(45-118-65(98)82-9-21-106-29-37-126-74)46-119-66(99)83-10-22-107-30-38-127-75)52-113-16-4-60(93)89-56(47-120-67(100)84-11-23-108-31-39-128-76)48-121-68(101)85-12-24-109-32-40-129-77/h53-56H,1-52H2,(H,78,94)(H,79,95)(H,80,96)(H,81,97)(H,82,98)(H,83,99)(H,84,100)(H,85,101)(H,86,90)(H,87,91)(H,88,92)(H,89,93). The van der Waals surface area contributed by atoms with Crippen LogP contribution in [-0.2, 0) is 153 Å². The molecule has 12 N–H and O–H groups in total. The van der Waals surface area contributed by atoms with Gasteiger partial charge in [-0.1, -0.05) is 0 Å². The number of hydrogen-bond acceptors (Lipinski definition) is 40. The van der Waals surface area contributed by atoms with E-state index >= 15 is 0 Å². The third-order valence-corrected chi connectivity index (χ3v) is 14.9. The van der Waals surface area contributed by atoms with Gasteiger partial charge in [-0.2, -0.15) is 39.5 Å². The summed E-state index contributed by atoms with van der Waals surface area (Å²) in [5.41, 5.74) is -1.67. The highest BCUT2D eigenvalue weighted by molar-refractivity contribution is 5.78. The number of rotatable bonds is 88. The Morgan fingerprint density at radius 1 is 0.186 bits per heavy atom. The fourth-order valence-corrected chi connectivity index (χ4v) is 8.95. The minimum atomic E-state index is -1.67. The molecule has 0 aliphatic carbocycles. The molecule has 0 radical (unpaired) electrons. The normalized spacial score (nSPS) is 11.2. The Morgan fingerprint density at radius 3 is 0.457 bits per heavy atom. The van der Waals surface area contributed by atoms with Gasteiger partial charge in [-0.15, -0.1) is 0 Å². The molecule has 0 spiro atoms. The molecule has 0 aromatic rings. The number of carbonyl (C=O) groups excluding carboxylic acids is 12. The van der Waals surface area contributed by atoms with Crippen molar-refractivity contribution in [2.75, 3.05) is 317 Å². The first kappa shape index (κ1) is 120. The van der Waals surface area contributed by atoms with Crippen LogP contribution in [-0.4, -0.2) is 413 Å². The van der Waals surface area contributed by atoms with Crippen LogP contribution in [0.1, 0.15) is 25.7 Å². The van der Waals surface area contributed by atoms with E-state index in [4.69, 9.17) is 94.7 Å². The van der Waals surface area contributed by atoms with E-state index in [0.29, 0.717) is 0 Å². The van der Waals surface area contributed by atoms with Gasteiger partial charge in [0.1, 0.15) is 106 Å². The van der Waals surface area contributed by atoms with Crippen LogP contribution >= 0.6 is 0 Å². The fraction of sp³-hybridized carbons (Fsp3) is 0.826. The molecule has 0 saturated carbocycles. The molecule has 0 rings (SSSR count). The van der Waals surface area contributed by atoms with Gasteiger partial charge < -0.3 is 159 Å². The predicted octanol–water partition coefficient (Wildman–Crippen LogP) is -1.31. The quantitative estimate of drug-likeness (QED) is 0.0191. The highest BCUT2D eigenvalue weighted by atomic mass is 19.3. The van der Waals surface area contributed by atoms with E-state index in [2.05, 4.69) is 103 Å². The Kier molecular flexibility index (Phi) is 81.6. The molecule has 0 aliphatic heterocycles. The average Bonchev–Trinajstić information content (AvgIpc) is 0.862. The van der Waals surface area contributed by atoms with E-state index in [1.54, 1.807) is 0 Å². The van der Waals surface area contributed by atoms with Crippen molar-refractivity contribution in [3.05, 3.63) is 0 Å². The Hall–Kier alpha value is -9.32. The number of hydrogen-bond donors (Lipinski definition) is 12. The third kappa shape index (κ3) is 79.4. The Morgan fingerprint density at radius 2 is 0.326 bits per heavy atom. The summed E-state index contributed by atoms with van der Waals surface area (Å²) in [6, 6.07) is -5.10. The van der Waals surface area contributed by atoms with Crippen molar-refractivity contribution in [3.63, 3.8) is 0 Å². The molecule has 0 saturated heterocycles. The zero-order valence-electron chi connectivity index (χ0n) is 70.9. The predicted molar refractivity (Wildman–Crippen MR) is 410 cm³/mol. The second-order valence-electron chi connectivity index (χ2n) is 25.4. The molecule has 0 fully saturated rings. The van der Waals surface area contributed by atoms with Gasteiger partial charge >= 0.3 is 48.7 Å². The van der Waals surface area contributed by atoms with E-state index in [1.165, 1.54) is 0 Å². The number of nitrogens with one attached hydrogen (secondary N) is 12. The fourth-order valence-electron chi connectivity index (χ4n) is 8.95. The van der Waals surface area contributed by atoms with Crippen LogP contribution in [0.3, 0.4) is 0 Å². The van der Waals surface area contributed by atoms with Crippen LogP contribution in [0.2, 0.25) is 0 Å². The van der Waals surface area contributed by atoms with Gasteiger partial charge in [-0.25, -0.2) is 38.4 Å². The van der Waals surface area contributed by atoms with Crippen LogP contribution in [0.5, 0.6) is 0 Å². The Bertz CT molecular complexity index is 2390. The minimum Gasteiger partial charge on any atom is -0.447 e. The van der Waals surface area contributed by atoms with Gasteiger partial charge in [0.15, 0.2) is 0 Å². The molecule has 52 nitrogen and oxygen atoms in total. The minimum absolute atomic E-state index is 0.106. The number of ether oxygens (including phenoxy) is 20. The van der Waals surface area contributed by atoms with Crippen molar-refractivity contribution in [1.29, 1.82) is 0 Å². The highest BCUT2D eigenvalue weighted by Gasteiger charge is 2.34. The van der Waals surface area contributed by atoms with Crippen molar-refractivity contribution < 1.29 is 228 Å². The first-order valence-corrected chi connectivity index (χ1v) is 39.9. The van der Waals surface area contributed by atoms with Crippen LogP contribution < -0.4 is 63.8 Å². The van der Waals surface area contributed by atoms with Gasteiger partial charge in [0.25, 0.3) is 0 Å². The topological polar surface area (TPSA) is 608 Å². The van der Waals surface area contributed by atoms with Gasteiger partial charge in [-0.3, -0.25) is 19.2 Å². The average molecular weight is 1910 g/mol. The van der Waals surface area contributed by atoms with Crippen LogP contribution in [0.25, 0.3) is 0 Å². The van der Waals surface area contributed by atoms with E-state index in [-0.39, 0.29) is 158 Å². The van der Waals surface area contributed by atoms with Crippen molar-refractivity contribution in [2.24, 2.45) is 5.41 Å². The number of alkyl carbamates (subject to hydrolysis) is 8. The Labute approximate surface area is 734 Å². The van der Waals surface area contributed by atoms with E-state index < -0.39 is 286 Å². The summed E-state index contributed by atoms with van der Waals surface area (Å²) in [6.45, 7) is -15.7. The van der Waals surface area contributed by atoms with E-state index in [1.807, 2.05) is 0 Å². The molecule has 0 unspecified atom stereocenters. The molecule has 0 aliphatic rings. The molecule has 0 heterocycles. The van der Waals surface area contributed by atoms with Gasteiger partial charge in [0, 0.05) is 78.0 Å². The second-order valence-corrected chi connectivity index (χ2v) is 25.4. The molecule has 0 atom stereocenters. The number of amides is 12. The summed E-state index contributed by atoms with van der Waals surface area (Å²) in [4.78, 5) is 184. The van der Waals surface area contributed by atoms with Crippen molar-refractivity contribution in [1.82, 2.24) is 63.8 Å². The maximum absolute atomic E-state index is 13.8. The van der Waals surface area contributed by atoms with Gasteiger partial charge in [0.05, 0.1) is 188 Å². The van der Waals surface area contributed by atoms with Crippen LogP contribution in [0, 0.1) is 5.41 Å². The lowest BCUT2D eigenvalue weighted by atomic mass is 9.92. The summed E-state index contributed by atoms with van der Waals surface area (Å²) in [5, 5.41) is 29.0. The molecule has 0 aromatic heterocycles. The van der Waals surface area contributed by atoms with Crippen molar-refractivity contribution in [2.45, 2.75) is 49.9 Å². The molecule has 0 bridgehead atoms. The largest absolute Gasteiger partial charge is 0.447 e. The summed E-state index contributed by atoms with van der Waals surface area (Å²) in [5.74, 6) is -3.29. The first-order chi connectivity index (χ1) is 62.7. The zero-order chi connectivity index (χ0) is 94.8. The third-order valence-electron chi connectivity index (χ3n) is 14.9. The molecule has 60 heteroatoms. The van der Waals surface area contributed by atoms with Crippen LogP contribution in [0.15, 0.2) is 0 Å². The molecule has 752 valence electrons. The lowest BCUT2D eigenvalue weighted by Gasteiger charge is -2.33. The highest BCUT2D eigenvalue weighted by Crippen LogP contribution is 2.22. The number of carbonyl (C=O) groups is 12.